The van der Waals surface area contributed by atoms with Gasteiger partial charge in [0, 0.05) is 31.6 Å². The van der Waals surface area contributed by atoms with E-state index in [9.17, 15) is 4.79 Å². The lowest BCUT2D eigenvalue weighted by atomic mass is 9.94. The van der Waals surface area contributed by atoms with E-state index in [1.165, 1.54) is 0 Å². The van der Waals surface area contributed by atoms with Crippen LogP contribution >= 0.6 is 0 Å². The predicted octanol–water partition coefficient (Wildman–Crippen LogP) is 2.32. The molecular weight excluding hydrogens is 276 g/mol. The van der Waals surface area contributed by atoms with Crippen LogP contribution in [0.15, 0.2) is 30.5 Å². The van der Waals surface area contributed by atoms with Gasteiger partial charge in [0.2, 0.25) is 5.91 Å². The quantitative estimate of drug-likeness (QED) is 0.811. The molecule has 0 saturated carbocycles. The molecule has 1 saturated heterocycles. The SMILES string of the molecule is CC(C)(C)C(=O)N1CCN(c2cnc3ccccc3n2)CC1. The van der Waals surface area contributed by atoms with Gasteiger partial charge in [0.05, 0.1) is 17.2 Å². The Morgan fingerprint density at radius 1 is 1.05 bits per heavy atom. The average molecular weight is 298 g/mol. The van der Waals surface area contributed by atoms with Gasteiger partial charge in [-0.1, -0.05) is 32.9 Å². The number of benzene rings is 1. The molecule has 0 atom stereocenters. The first-order chi connectivity index (χ1) is 10.4. The monoisotopic (exact) mass is 298 g/mol. The van der Waals surface area contributed by atoms with Gasteiger partial charge in [0.1, 0.15) is 5.82 Å². The van der Waals surface area contributed by atoms with Crippen LogP contribution in [0.4, 0.5) is 5.82 Å². The van der Waals surface area contributed by atoms with Crippen molar-refractivity contribution in [1.82, 2.24) is 14.9 Å². The Morgan fingerprint density at radius 2 is 1.68 bits per heavy atom. The molecule has 2 aromatic rings. The molecule has 0 spiro atoms. The van der Waals surface area contributed by atoms with Crippen molar-refractivity contribution in [2.75, 3.05) is 31.1 Å². The highest BCUT2D eigenvalue weighted by molar-refractivity contribution is 5.82. The van der Waals surface area contributed by atoms with Crippen LogP contribution in [0.3, 0.4) is 0 Å². The van der Waals surface area contributed by atoms with E-state index in [1.807, 2.05) is 56.1 Å². The third-order valence-corrected chi connectivity index (χ3v) is 3.97. The molecule has 116 valence electrons. The van der Waals surface area contributed by atoms with Crippen molar-refractivity contribution in [2.45, 2.75) is 20.8 Å². The van der Waals surface area contributed by atoms with Crippen LogP contribution in [0.5, 0.6) is 0 Å². The molecule has 22 heavy (non-hydrogen) atoms. The molecule has 1 aromatic carbocycles. The number of aromatic nitrogens is 2. The molecule has 3 rings (SSSR count). The van der Waals surface area contributed by atoms with Gasteiger partial charge in [-0.15, -0.1) is 0 Å². The van der Waals surface area contributed by atoms with E-state index in [-0.39, 0.29) is 11.3 Å². The number of fused-ring (bicyclic) bond motifs is 1. The zero-order chi connectivity index (χ0) is 15.7. The molecular formula is C17H22N4O. The van der Waals surface area contributed by atoms with Crippen molar-refractivity contribution in [1.29, 1.82) is 0 Å². The van der Waals surface area contributed by atoms with Crippen LogP contribution < -0.4 is 4.90 Å². The van der Waals surface area contributed by atoms with Crippen molar-refractivity contribution >= 4 is 22.8 Å². The van der Waals surface area contributed by atoms with E-state index in [0.29, 0.717) is 0 Å². The Bertz CT molecular complexity index is 684. The third kappa shape index (κ3) is 2.89. The summed E-state index contributed by atoms with van der Waals surface area (Å²) in [7, 11) is 0. The first-order valence-electron chi connectivity index (χ1n) is 7.71. The van der Waals surface area contributed by atoms with E-state index >= 15 is 0 Å². The van der Waals surface area contributed by atoms with Gasteiger partial charge in [-0.25, -0.2) is 4.98 Å². The highest BCUT2D eigenvalue weighted by Crippen LogP contribution is 2.21. The number of amides is 1. The van der Waals surface area contributed by atoms with Crippen molar-refractivity contribution < 1.29 is 4.79 Å². The second-order valence-electron chi connectivity index (χ2n) is 6.75. The third-order valence-electron chi connectivity index (χ3n) is 3.97. The van der Waals surface area contributed by atoms with Crippen molar-refractivity contribution in [2.24, 2.45) is 5.41 Å². The number of nitrogens with zero attached hydrogens (tertiary/aromatic N) is 4. The Kier molecular flexibility index (Phi) is 3.72. The topological polar surface area (TPSA) is 49.3 Å². The van der Waals surface area contributed by atoms with Gasteiger partial charge in [0.25, 0.3) is 0 Å². The summed E-state index contributed by atoms with van der Waals surface area (Å²) >= 11 is 0. The largest absolute Gasteiger partial charge is 0.352 e. The minimum absolute atomic E-state index is 0.219. The molecule has 0 unspecified atom stereocenters. The van der Waals surface area contributed by atoms with E-state index in [2.05, 4.69) is 14.9 Å². The van der Waals surface area contributed by atoms with E-state index in [1.54, 1.807) is 0 Å². The lowest BCUT2D eigenvalue weighted by Gasteiger charge is -2.38. The van der Waals surface area contributed by atoms with Crippen LogP contribution in [-0.2, 0) is 4.79 Å². The number of carbonyl (C=O) groups is 1. The fraction of sp³-hybridized carbons (Fsp3) is 0.471. The molecule has 2 heterocycles. The first kappa shape index (κ1) is 14.8. The lowest BCUT2D eigenvalue weighted by molar-refractivity contribution is -0.139. The van der Waals surface area contributed by atoms with Gasteiger partial charge in [-0.05, 0) is 12.1 Å². The fourth-order valence-corrected chi connectivity index (χ4v) is 2.71. The van der Waals surface area contributed by atoms with Gasteiger partial charge in [0.15, 0.2) is 0 Å². The maximum atomic E-state index is 12.3. The normalized spacial score (nSPS) is 16.1. The predicted molar refractivity (Wildman–Crippen MR) is 87.8 cm³/mol. The molecule has 1 amide bonds. The fourth-order valence-electron chi connectivity index (χ4n) is 2.71. The molecule has 5 nitrogen and oxygen atoms in total. The van der Waals surface area contributed by atoms with Crippen LogP contribution in [-0.4, -0.2) is 47.0 Å². The molecule has 1 aliphatic heterocycles. The molecule has 1 aromatic heterocycles. The summed E-state index contributed by atoms with van der Waals surface area (Å²) in [6.07, 6.45) is 1.82. The number of hydrogen-bond donors (Lipinski definition) is 0. The second-order valence-corrected chi connectivity index (χ2v) is 6.75. The standard InChI is InChI=1S/C17H22N4O/c1-17(2,3)16(22)21-10-8-20(9-11-21)15-12-18-13-6-4-5-7-14(13)19-15/h4-7,12H,8-11H2,1-3H3. The average Bonchev–Trinajstić information content (AvgIpc) is 2.53. The number of hydrogen-bond acceptors (Lipinski definition) is 4. The molecule has 5 heteroatoms. The Balaban J connectivity index is 1.71. The van der Waals surface area contributed by atoms with Gasteiger partial charge < -0.3 is 9.80 Å². The van der Waals surface area contributed by atoms with Crippen LogP contribution in [0, 0.1) is 5.41 Å². The summed E-state index contributed by atoms with van der Waals surface area (Å²) < 4.78 is 0. The van der Waals surface area contributed by atoms with Gasteiger partial charge in [-0.3, -0.25) is 9.78 Å². The van der Waals surface area contributed by atoms with Crippen molar-refractivity contribution in [3.63, 3.8) is 0 Å². The summed E-state index contributed by atoms with van der Waals surface area (Å²) in [5, 5.41) is 0. The minimum Gasteiger partial charge on any atom is -0.352 e. The number of carbonyl (C=O) groups excluding carboxylic acids is 1. The number of anilines is 1. The number of piperazine rings is 1. The maximum Gasteiger partial charge on any atom is 0.228 e. The zero-order valence-corrected chi connectivity index (χ0v) is 13.4. The first-order valence-corrected chi connectivity index (χ1v) is 7.71. The second kappa shape index (κ2) is 5.55. The summed E-state index contributed by atoms with van der Waals surface area (Å²) in [5.41, 5.74) is 1.51. The van der Waals surface area contributed by atoms with Crippen LogP contribution in [0.25, 0.3) is 11.0 Å². The number of para-hydroxylation sites is 2. The molecule has 0 aliphatic carbocycles. The molecule has 1 fully saturated rings. The molecule has 0 N–H and O–H groups in total. The summed E-state index contributed by atoms with van der Waals surface area (Å²) in [6.45, 7) is 8.99. The van der Waals surface area contributed by atoms with Crippen molar-refractivity contribution in [3.8, 4) is 0 Å². The van der Waals surface area contributed by atoms with E-state index < -0.39 is 0 Å². The van der Waals surface area contributed by atoms with Crippen LogP contribution in [0.2, 0.25) is 0 Å². The lowest BCUT2D eigenvalue weighted by Crippen LogP contribution is -2.51. The Hall–Kier alpha value is -2.17. The van der Waals surface area contributed by atoms with E-state index in [4.69, 9.17) is 0 Å². The Morgan fingerprint density at radius 3 is 2.32 bits per heavy atom. The molecule has 0 radical (unpaired) electrons. The smallest absolute Gasteiger partial charge is 0.228 e. The summed E-state index contributed by atoms with van der Waals surface area (Å²) in [4.78, 5) is 25.6. The van der Waals surface area contributed by atoms with Gasteiger partial charge in [-0.2, -0.15) is 0 Å². The number of rotatable bonds is 1. The minimum atomic E-state index is -0.315. The van der Waals surface area contributed by atoms with E-state index in [0.717, 1.165) is 43.0 Å². The van der Waals surface area contributed by atoms with Crippen molar-refractivity contribution in [3.05, 3.63) is 30.5 Å². The molecule has 1 aliphatic rings. The highest BCUT2D eigenvalue weighted by Gasteiger charge is 2.29. The summed E-state index contributed by atoms with van der Waals surface area (Å²) in [5.74, 6) is 1.11. The van der Waals surface area contributed by atoms with Crippen LogP contribution in [0.1, 0.15) is 20.8 Å². The molecule has 0 bridgehead atoms. The zero-order valence-electron chi connectivity index (χ0n) is 13.4. The Labute approximate surface area is 131 Å². The maximum absolute atomic E-state index is 12.3. The van der Waals surface area contributed by atoms with Gasteiger partial charge >= 0.3 is 0 Å². The summed E-state index contributed by atoms with van der Waals surface area (Å²) in [6, 6.07) is 7.88. The highest BCUT2D eigenvalue weighted by atomic mass is 16.2.